The molecule has 0 unspecified atom stereocenters. The lowest BCUT2D eigenvalue weighted by Gasteiger charge is -2.04. The lowest BCUT2D eigenvalue weighted by atomic mass is 10.2. The van der Waals surface area contributed by atoms with Crippen molar-refractivity contribution in [1.29, 1.82) is 0 Å². The number of thiophene rings is 1. The molecule has 2 rings (SSSR count). The first-order valence-corrected chi connectivity index (χ1v) is 5.70. The molecule has 0 N–H and O–H groups in total. The van der Waals surface area contributed by atoms with Gasteiger partial charge in [0.2, 0.25) is 0 Å². The minimum absolute atomic E-state index is 0.345. The molecule has 82 valence electrons. The number of aryl methyl sites for hydroxylation is 1. The molecule has 0 saturated heterocycles. The molecule has 0 amide bonds. The molecule has 0 aliphatic heterocycles. The molecule has 0 atom stereocenters. The van der Waals surface area contributed by atoms with Crippen LogP contribution in [0.2, 0.25) is 0 Å². The van der Waals surface area contributed by atoms with E-state index in [4.69, 9.17) is 0 Å². The minimum atomic E-state index is -0.345. The van der Waals surface area contributed by atoms with Crippen LogP contribution in [0, 0.1) is 6.92 Å². The SMILES string of the molecule is COC(=O)c1ccc(-c2cccs2)nc1C. The predicted octanol–water partition coefficient (Wildman–Crippen LogP) is 2.91. The number of hydrogen-bond donors (Lipinski definition) is 0. The van der Waals surface area contributed by atoms with Crippen LogP contribution in [0.25, 0.3) is 10.6 Å². The van der Waals surface area contributed by atoms with Gasteiger partial charge in [-0.2, -0.15) is 0 Å². The van der Waals surface area contributed by atoms with Crippen molar-refractivity contribution in [3.05, 3.63) is 40.9 Å². The van der Waals surface area contributed by atoms with Gasteiger partial charge in [0, 0.05) is 0 Å². The van der Waals surface area contributed by atoms with Crippen LogP contribution < -0.4 is 0 Å². The number of carbonyl (C=O) groups excluding carboxylic acids is 1. The maximum atomic E-state index is 11.4. The summed E-state index contributed by atoms with van der Waals surface area (Å²) in [6.45, 7) is 1.81. The van der Waals surface area contributed by atoms with Crippen LogP contribution in [0.5, 0.6) is 0 Å². The Morgan fingerprint density at radius 2 is 2.19 bits per heavy atom. The number of methoxy groups -OCH3 is 1. The van der Waals surface area contributed by atoms with E-state index in [0.29, 0.717) is 11.3 Å². The second-order valence-corrected chi connectivity index (χ2v) is 4.25. The van der Waals surface area contributed by atoms with Crippen molar-refractivity contribution in [2.45, 2.75) is 6.92 Å². The molecule has 0 radical (unpaired) electrons. The van der Waals surface area contributed by atoms with Gasteiger partial charge in [0.15, 0.2) is 0 Å². The summed E-state index contributed by atoms with van der Waals surface area (Å²) in [6.07, 6.45) is 0. The number of carbonyl (C=O) groups is 1. The number of nitrogens with zero attached hydrogens (tertiary/aromatic N) is 1. The van der Waals surface area contributed by atoms with Crippen molar-refractivity contribution in [3.63, 3.8) is 0 Å². The van der Waals surface area contributed by atoms with E-state index < -0.39 is 0 Å². The van der Waals surface area contributed by atoms with E-state index in [2.05, 4.69) is 9.72 Å². The first kappa shape index (κ1) is 10.8. The second-order valence-electron chi connectivity index (χ2n) is 3.30. The first-order chi connectivity index (χ1) is 7.72. The van der Waals surface area contributed by atoms with Crippen LogP contribution in [-0.4, -0.2) is 18.1 Å². The standard InChI is InChI=1S/C12H11NO2S/c1-8-9(12(14)15-2)5-6-10(13-8)11-4-3-7-16-11/h3-7H,1-2H3. The van der Waals surface area contributed by atoms with Crippen molar-refractivity contribution in [1.82, 2.24) is 4.98 Å². The zero-order chi connectivity index (χ0) is 11.5. The van der Waals surface area contributed by atoms with Crippen molar-refractivity contribution in [3.8, 4) is 10.6 Å². The van der Waals surface area contributed by atoms with Crippen molar-refractivity contribution < 1.29 is 9.53 Å². The van der Waals surface area contributed by atoms with Gasteiger partial charge >= 0.3 is 5.97 Å². The lowest BCUT2D eigenvalue weighted by molar-refractivity contribution is 0.0599. The van der Waals surface area contributed by atoms with Gasteiger partial charge in [0.25, 0.3) is 0 Å². The zero-order valence-corrected chi connectivity index (χ0v) is 9.88. The minimum Gasteiger partial charge on any atom is -0.465 e. The van der Waals surface area contributed by atoms with Crippen LogP contribution in [0.3, 0.4) is 0 Å². The molecular weight excluding hydrogens is 222 g/mol. The molecule has 0 aromatic carbocycles. The van der Waals surface area contributed by atoms with Crippen molar-refractivity contribution in [2.75, 3.05) is 7.11 Å². The zero-order valence-electron chi connectivity index (χ0n) is 9.06. The van der Waals surface area contributed by atoms with Gasteiger partial charge in [-0.05, 0) is 30.5 Å². The number of aromatic nitrogens is 1. The summed E-state index contributed by atoms with van der Waals surface area (Å²) in [7, 11) is 1.37. The molecule has 2 heterocycles. The third kappa shape index (κ3) is 1.97. The summed E-state index contributed by atoms with van der Waals surface area (Å²) in [5.74, 6) is -0.345. The Balaban J connectivity index is 2.41. The Morgan fingerprint density at radius 1 is 1.38 bits per heavy atom. The van der Waals surface area contributed by atoms with Crippen LogP contribution in [-0.2, 0) is 4.74 Å². The Hall–Kier alpha value is -1.68. The van der Waals surface area contributed by atoms with E-state index in [1.165, 1.54) is 7.11 Å². The maximum absolute atomic E-state index is 11.4. The fraction of sp³-hybridized carbons (Fsp3) is 0.167. The average molecular weight is 233 g/mol. The molecule has 16 heavy (non-hydrogen) atoms. The van der Waals surface area contributed by atoms with Crippen LogP contribution >= 0.6 is 11.3 Å². The molecule has 2 aromatic heterocycles. The second kappa shape index (κ2) is 4.45. The normalized spacial score (nSPS) is 10.1. The monoisotopic (exact) mass is 233 g/mol. The number of hydrogen-bond acceptors (Lipinski definition) is 4. The van der Waals surface area contributed by atoms with Gasteiger partial charge in [-0.15, -0.1) is 11.3 Å². The van der Waals surface area contributed by atoms with E-state index in [-0.39, 0.29) is 5.97 Å². The number of ether oxygens (including phenoxy) is 1. The Kier molecular flexibility index (Phi) is 3.01. The van der Waals surface area contributed by atoms with Crippen LogP contribution in [0.15, 0.2) is 29.6 Å². The highest BCUT2D eigenvalue weighted by molar-refractivity contribution is 7.13. The number of esters is 1. The van der Waals surface area contributed by atoms with Gasteiger partial charge < -0.3 is 4.74 Å². The highest BCUT2D eigenvalue weighted by atomic mass is 32.1. The highest BCUT2D eigenvalue weighted by Crippen LogP contribution is 2.23. The summed E-state index contributed by atoms with van der Waals surface area (Å²) < 4.78 is 4.67. The Morgan fingerprint density at radius 3 is 2.75 bits per heavy atom. The van der Waals surface area contributed by atoms with E-state index in [1.54, 1.807) is 17.4 Å². The molecule has 0 aliphatic carbocycles. The molecule has 0 aliphatic rings. The first-order valence-electron chi connectivity index (χ1n) is 4.82. The van der Waals surface area contributed by atoms with Gasteiger partial charge in [-0.25, -0.2) is 4.79 Å². The van der Waals surface area contributed by atoms with Crippen LogP contribution in [0.4, 0.5) is 0 Å². The van der Waals surface area contributed by atoms with Crippen molar-refractivity contribution in [2.24, 2.45) is 0 Å². The summed E-state index contributed by atoms with van der Waals surface area (Å²) in [5, 5.41) is 2.00. The summed E-state index contributed by atoms with van der Waals surface area (Å²) in [5.41, 5.74) is 2.10. The largest absolute Gasteiger partial charge is 0.465 e. The average Bonchev–Trinajstić information content (AvgIpc) is 2.81. The molecule has 0 saturated carbocycles. The molecule has 2 aromatic rings. The van der Waals surface area contributed by atoms with Crippen LogP contribution in [0.1, 0.15) is 16.1 Å². The molecular formula is C12H11NO2S. The molecule has 0 spiro atoms. The van der Waals surface area contributed by atoms with Gasteiger partial charge in [-0.1, -0.05) is 6.07 Å². The van der Waals surface area contributed by atoms with Crippen molar-refractivity contribution >= 4 is 17.3 Å². The van der Waals surface area contributed by atoms with Gasteiger partial charge in [0.05, 0.1) is 28.9 Å². The Labute approximate surface area is 97.7 Å². The van der Waals surface area contributed by atoms with E-state index >= 15 is 0 Å². The highest BCUT2D eigenvalue weighted by Gasteiger charge is 2.11. The number of rotatable bonds is 2. The molecule has 4 heteroatoms. The van der Waals surface area contributed by atoms with E-state index in [0.717, 1.165) is 10.6 Å². The summed E-state index contributed by atoms with van der Waals surface area (Å²) >= 11 is 1.63. The molecule has 3 nitrogen and oxygen atoms in total. The maximum Gasteiger partial charge on any atom is 0.339 e. The molecule has 0 bridgehead atoms. The van der Waals surface area contributed by atoms with Gasteiger partial charge in [-0.3, -0.25) is 4.98 Å². The Bertz CT molecular complexity index is 506. The fourth-order valence-electron chi connectivity index (χ4n) is 1.45. The predicted molar refractivity (Wildman–Crippen MR) is 63.6 cm³/mol. The summed E-state index contributed by atoms with van der Waals surface area (Å²) in [4.78, 5) is 16.9. The van der Waals surface area contributed by atoms with Gasteiger partial charge in [0.1, 0.15) is 0 Å². The summed E-state index contributed by atoms with van der Waals surface area (Å²) in [6, 6.07) is 7.57. The molecule has 0 fully saturated rings. The van der Waals surface area contributed by atoms with E-state index in [9.17, 15) is 4.79 Å². The third-order valence-corrected chi connectivity index (χ3v) is 3.16. The fourth-order valence-corrected chi connectivity index (χ4v) is 2.14. The third-order valence-electron chi connectivity index (χ3n) is 2.26. The lowest BCUT2D eigenvalue weighted by Crippen LogP contribution is -2.05. The number of pyridine rings is 1. The smallest absolute Gasteiger partial charge is 0.339 e. The topological polar surface area (TPSA) is 39.2 Å². The quantitative estimate of drug-likeness (QED) is 0.749. The van der Waals surface area contributed by atoms with E-state index in [1.807, 2.05) is 30.5 Å².